The molecule has 0 saturated carbocycles. The normalized spacial score (nSPS) is 10.9. The van der Waals surface area contributed by atoms with E-state index in [0.717, 1.165) is 5.69 Å². The molecule has 0 aliphatic rings. The number of benzene rings is 1. The summed E-state index contributed by atoms with van der Waals surface area (Å²) in [6.07, 6.45) is 1.34. The lowest BCUT2D eigenvalue weighted by Crippen LogP contribution is -2.10. The SMILES string of the molecule is COCC(=CC(=O)OC)Nc1ccccc1OC. The van der Waals surface area contributed by atoms with Gasteiger partial charge in [-0.2, -0.15) is 0 Å². The molecule has 0 aromatic heterocycles. The van der Waals surface area contributed by atoms with Crippen molar-refractivity contribution in [2.45, 2.75) is 0 Å². The first-order chi connectivity index (χ1) is 8.71. The topological polar surface area (TPSA) is 56.8 Å². The van der Waals surface area contributed by atoms with Crippen LogP contribution in [0.2, 0.25) is 0 Å². The molecule has 1 aromatic carbocycles. The summed E-state index contributed by atoms with van der Waals surface area (Å²) in [5.41, 5.74) is 1.35. The van der Waals surface area contributed by atoms with Crippen LogP contribution in [0.5, 0.6) is 5.75 Å². The fourth-order valence-electron chi connectivity index (χ4n) is 1.39. The van der Waals surface area contributed by atoms with Crippen LogP contribution in [0.1, 0.15) is 0 Å². The van der Waals surface area contributed by atoms with Gasteiger partial charge in [-0.25, -0.2) is 4.79 Å². The number of carbonyl (C=O) groups excluding carboxylic acids is 1. The molecule has 5 nitrogen and oxygen atoms in total. The Morgan fingerprint density at radius 1 is 1.28 bits per heavy atom. The Balaban J connectivity index is 2.89. The van der Waals surface area contributed by atoms with Crippen molar-refractivity contribution >= 4 is 11.7 Å². The van der Waals surface area contributed by atoms with Gasteiger partial charge in [0.25, 0.3) is 0 Å². The van der Waals surface area contributed by atoms with Gasteiger partial charge in [0, 0.05) is 18.9 Å². The van der Waals surface area contributed by atoms with E-state index in [1.165, 1.54) is 13.2 Å². The highest BCUT2D eigenvalue weighted by molar-refractivity contribution is 5.83. The van der Waals surface area contributed by atoms with E-state index in [9.17, 15) is 4.79 Å². The number of carbonyl (C=O) groups is 1. The first-order valence-corrected chi connectivity index (χ1v) is 5.38. The molecule has 0 spiro atoms. The van der Waals surface area contributed by atoms with Crippen molar-refractivity contribution in [3.8, 4) is 5.75 Å². The third-order valence-corrected chi connectivity index (χ3v) is 2.20. The summed E-state index contributed by atoms with van der Waals surface area (Å²) in [7, 11) is 4.46. The molecule has 1 aromatic rings. The van der Waals surface area contributed by atoms with E-state index in [2.05, 4.69) is 10.1 Å². The molecule has 18 heavy (non-hydrogen) atoms. The van der Waals surface area contributed by atoms with Gasteiger partial charge in [0.05, 0.1) is 26.5 Å². The predicted octanol–water partition coefficient (Wildman–Crippen LogP) is 1.81. The fourth-order valence-corrected chi connectivity index (χ4v) is 1.39. The molecule has 0 amide bonds. The molecule has 0 unspecified atom stereocenters. The lowest BCUT2D eigenvalue weighted by atomic mass is 10.2. The smallest absolute Gasteiger partial charge is 0.332 e. The van der Waals surface area contributed by atoms with Crippen LogP contribution in [0.4, 0.5) is 5.69 Å². The highest BCUT2D eigenvalue weighted by Gasteiger charge is 2.06. The molecule has 0 aliphatic carbocycles. The van der Waals surface area contributed by atoms with Crippen LogP contribution in [0, 0.1) is 0 Å². The minimum atomic E-state index is -0.440. The van der Waals surface area contributed by atoms with E-state index < -0.39 is 5.97 Å². The Morgan fingerprint density at radius 3 is 2.61 bits per heavy atom. The van der Waals surface area contributed by atoms with Gasteiger partial charge in [0.15, 0.2) is 0 Å². The molecular weight excluding hydrogens is 234 g/mol. The Labute approximate surface area is 106 Å². The van der Waals surface area contributed by atoms with Crippen LogP contribution >= 0.6 is 0 Å². The molecule has 98 valence electrons. The summed E-state index contributed by atoms with van der Waals surface area (Å²) in [5.74, 6) is 0.244. The second-order valence-electron chi connectivity index (χ2n) is 3.45. The van der Waals surface area contributed by atoms with Crippen molar-refractivity contribution in [1.29, 1.82) is 0 Å². The van der Waals surface area contributed by atoms with E-state index >= 15 is 0 Å². The van der Waals surface area contributed by atoms with Gasteiger partial charge < -0.3 is 19.5 Å². The number of para-hydroxylation sites is 2. The van der Waals surface area contributed by atoms with Gasteiger partial charge in [-0.15, -0.1) is 0 Å². The van der Waals surface area contributed by atoms with Crippen LogP contribution in [0.3, 0.4) is 0 Å². The number of hydrogen-bond donors (Lipinski definition) is 1. The van der Waals surface area contributed by atoms with Gasteiger partial charge >= 0.3 is 5.97 Å². The summed E-state index contributed by atoms with van der Waals surface area (Å²) in [5, 5.41) is 3.07. The summed E-state index contributed by atoms with van der Waals surface area (Å²) < 4.78 is 14.8. The van der Waals surface area contributed by atoms with Crippen molar-refractivity contribution in [3.05, 3.63) is 36.0 Å². The first-order valence-electron chi connectivity index (χ1n) is 5.38. The van der Waals surface area contributed by atoms with E-state index in [-0.39, 0.29) is 6.61 Å². The molecule has 0 heterocycles. The quantitative estimate of drug-likeness (QED) is 0.617. The third-order valence-electron chi connectivity index (χ3n) is 2.20. The number of rotatable bonds is 6. The standard InChI is InChI=1S/C13H17NO4/c1-16-9-10(8-13(15)18-3)14-11-6-4-5-7-12(11)17-2/h4-8,14H,9H2,1-3H3. The molecular formula is C13H17NO4. The van der Waals surface area contributed by atoms with Gasteiger partial charge in [-0.05, 0) is 12.1 Å². The van der Waals surface area contributed by atoms with Gasteiger partial charge in [0.1, 0.15) is 5.75 Å². The molecule has 0 aliphatic heterocycles. The van der Waals surface area contributed by atoms with Crippen molar-refractivity contribution in [2.24, 2.45) is 0 Å². The Kier molecular flexibility index (Phi) is 5.73. The van der Waals surface area contributed by atoms with Crippen LogP contribution in [0.15, 0.2) is 36.0 Å². The monoisotopic (exact) mass is 251 g/mol. The average molecular weight is 251 g/mol. The summed E-state index contributed by atoms with van der Waals surface area (Å²) in [6.45, 7) is 0.271. The highest BCUT2D eigenvalue weighted by Crippen LogP contribution is 2.24. The zero-order chi connectivity index (χ0) is 13.4. The second-order valence-corrected chi connectivity index (χ2v) is 3.45. The Morgan fingerprint density at radius 2 is 2.00 bits per heavy atom. The third kappa shape index (κ3) is 4.10. The van der Waals surface area contributed by atoms with Gasteiger partial charge in [-0.3, -0.25) is 0 Å². The number of esters is 1. The van der Waals surface area contributed by atoms with Crippen LogP contribution in [-0.4, -0.2) is 33.9 Å². The van der Waals surface area contributed by atoms with Gasteiger partial charge in [-0.1, -0.05) is 12.1 Å². The van der Waals surface area contributed by atoms with Crippen LogP contribution in [0.25, 0.3) is 0 Å². The molecule has 5 heteroatoms. The van der Waals surface area contributed by atoms with Crippen molar-refractivity contribution in [1.82, 2.24) is 0 Å². The Bertz CT molecular complexity index is 429. The molecule has 0 fully saturated rings. The number of anilines is 1. The lowest BCUT2D eigenvalue weighted by molar-refractivity contribution is -0.134. The molecule has 0 bridgehead atoms. The molecule has 1 N–H and O–H groups in total. The summed E-state index contributed by atoms with van der Waals surface area (Å²) in [4.78, 5) is 11.2. The number of hydrogen-bond acceptors (Lipinski definition) is 5. The van der Waals surface area contributed by atoms with Gasteiger partial charge in [0.2, 0.25) is 0 Å². The average Bonchev–Trinajstić information content (AvgIpc) is 2.39. The second kappa shape index (κ2) is 7.34. The maximum atomic E-state index is 11.2. The minimum Gasteiger partial charge on any atom is -0.495 e. The first kappa shape index (κ1) is 14.1. The zero-order valence-corrected chi connectivity index (χ0v) is 10.7. The van der Waals surface area contributed by atoms with E-state index in [1.807, 2.05) is 24.3 Å². The van der Waals surface area contributed by atoms with Crippen LogP contribution in [-0.2, 0) is 14.3 Å². The minimum absolute atomic E-state index is 0.271. The predicted molar refractivity (Wildman–Crippen MR) is 68.6 cm³/mol. The van der Waals surface area contributed by atoms with Crippen molar-refractivity contribution < 1.29 is 19.0 Å². The van der Waals surface area contributed by atoms with Crippen molar-refractivity contribution in [3.63, 3.8) is 0 Å². The summed E-state index contributed by atoms with van der Waals surface area (Å²) in [6, 6.07) is 7.40. The largest absolute Gasteiger partial charge is 0.495 e. The van der Waals surface area contributed by atoms with E-state index in [0.29, 0.717) is 11.4 Å². The molecule has 0 saturated heterocycles. The number of ether oxygens (including phenoxy) is 3. The maximum Gasteiger partial charge on any atom is 0.332 e. The number of methoxy groups -OCH3 is 3. The molecule has 0 radical (unpaired) electrons. The lowest BCUT2D eigenvalue weighted by Gasteiger charge is -2.13. The van der Waals surface area contributed by atoms with E-state index in [4.69, 9.17) is 9.47 Å². The molecule has 0 atom stereocenters. The zero-order valence-electron chi connectivity index (χ0n) is 10.7. The van der Waals surface area contributed by atoms with Crippen LogP contribution < -0.4 is 10.1 Å². The molecule has 1 rings (SSSR count). The highest BCUT2D eigenvalue weighted by atomic mass is 16.5. The maximum absolute atomic E-state index is 11.2. The fraction of sp³-hybridized carbons (Fsp3) is 0.308. The van der Waals surface area contributed by atoms with E-state index in [1.54, 1.807) is 14.2 Å². The van der Waals surface area contributed by atoms with Crippen molar-refractivity contribution in [2.75, 3.05) is 33.3 Å². The number of nitrogens with one attached hydrogen (secondary N) is 1. The Hall–Kier alpha value is -2.01. The summed E-state index contributed by atoms with van der Waals surface area (Å²) >= 11 is 0.